The summed E-state index contributed by atoms with van der Waals surface area (Å²) in [6, 6.07) is 14.4. The Morgan fingerprint density at radius 1 is 1.00 bits per heavy atom. The maximum Gasteiger partial charge on any atom is 0.352 e. The third kappa shape index (κ3) is 7.91. The van der Waals surface area contributed by atoms with Crippen LogP contribution in [0.3, 0.4) is 0 Å². The van der Waals surface area contributed by atoms with E-state index in [1.807, 2.05) is 0 Å². The van der Waals surface area contributed by atoms with Crippen molar-refractivity contribution < 1.29 is 41.7 Å². The molecule has 3 rings (SSSR count). The fourth-order valence-electron chi connectivity index (χ4n) is 3.49. The van der Waals surface area contributed by atoms with Crippen LogP contribution >= 0.6 is 12.4 Å². The molecule has 0 aliphatic heterocycles. The smallest absolute Gasteiger partial charge is 0.352 e. The monoisotopic (exact) mass is 599 g/mol. The molecule has 3 aromatic rings. The Balaban J connectivity index is 0.00000533. The molecule has 210 valence electrons. The Kier molecular flexibility index (Phi) is 10.4. The average molecular weight is 600 g/mol. The lowest BCUT2D eigenvalue weighted by molar-refractivity contribution is -0.211. The highest BCUT2D eigenvalue weighted by atomic mass is 35.5. The lowest BCUT2D eigenvalue weighted by Gasteiger charge is -2.14. The minimum atomic E-state index is -4.24. The molecule has 0 saturated heterocycles. The number of carbonyl (C=O) groups is 1. The average Bonchev–Trinajstić information content (AvgIpc) is 2.87. The van der Waals surface area contributed by atoms with Gasteiger partial charge in [-0.25, -0.2) is 26.4 Å². The molecule has 0 aliphatic carbocycles. The minimum Gasteiger partial charge on any atom is -0.507 e. The number of rotatable bonds is 10. The number of hydrogen-bond donors (Lipinski definition) is 5. The Hall–Kier alpha value is -3.69. The van der Waals surface area contributed by atoms with Gasteiger partial charge in [-0.15, -0.1) is 12.4 Å². The van der Waals surface area contributed by atoms with E-state index in [9.17, 15) is 26.7 Å². The lowest BCUT2D eigenvalue weighted by atomic mass is 10.0. The highest BCUT2D eigenvalue weighted by Gasteiger charge is 2.21. The van der Waals surface area contributed by atoms with Crippen LogP contribution in [0.4, 0.5) is 0 Å². The van der Waals surface area contributed by atoms with Crippen molar-refractivity contribution >= 4 is 44.1 Å². The summed E-state index contributed by atoms with van der Waals surface area (Å²) in [5.74, 6) is -1.70. The molecule has 0 bridgehead atoms. The van der Waals surface area contributed by atoms with Gasteiger partial charge in [0.2, 0.25) is 10.0 Å². The van der Waals surface area contributed by atoms with E-state index in [0.717, 1.165) is 25.3 Å². The number of nitrogens with one attached hydrogen (secondary N) is 3. The van der Waals surface area contributed by atoms with Gasteiger partial charge in [-0.1, -0.05) is 30.3 Å². The minimum absolute atomic E-state index is 0. The summed E-state index contributed by atoms with van der Waals surface area (Å²) in [7, 11) is -7.79. The fraction of sp³-hybridized carbons (Fsp3) is 0.167. The van der Waals surface area contributed by atoms with E-state index >= 15 is 0 Å². The first-order valence-corrected chi connectivity index (χ1v) is 14.3. The summed E-state index contributed by atoms with van der Waals surface area (Å²) < 4.78 is 52.4. The number of sulfone groups is 1. The van der Waals surface area contributed by atoms with Gasteiger partial charge in [0.1, 0.15) is 16.5 Å². The zero-order valence-electron chi connectivity index (χ0n) is 20.7. The van der Waals surface area contributed by atoms with Gasteiger partial charge in [0, 0.05) is 36.4 Å². The number of halogens is 1. The predicted octanol–water partition coefficient (Wildman–Crippen LogP) is 2.57. The number of hydroxylamine groups is 1. The molecule has 0 aromatic heterocycles. The fourth-order valence-corrected chi connectivity index (χ4v) is 5.55. The first kappa shape index (κ1) is 31.5. The Labute approximate surface area is 231 Å². The number of benzene rings is 3. The van der Waals surface area contributed by atoms with Gasteiger partial charge in [-0.3, -0.25) is 25.9 Å². The van der Waals surface area contributed by atoms with Crippen molar-refractivity contribution in [3.05, 3.63) is 71.8 Å². The molecule has 5 N–H and O–H groups in total. The Morgan fingerprint density at radius 3 is 2.33 bits per heavy atom. The van der Waals surface area contributed by atoms with Crippen LogP contribution in [0.5, 0.6) is 11.5 Å². The molecule has 0 aliphatic rings. The second-order valence-corrected chi connectivity index (χ2v) is 11.8. The third-order valence-electron chi connectivity index (χ3n) is 5.25. The number of hydrogen-bond acceptors (Lipinski definition) is 10. The van der Waals surface area contributed by atoms with E-state index in [1.165, 1.54) is 18.2 Å². The molecule has 12 nitrogen and oxygen atoms in total. The van der Waals surface area contributed by atoms with E-state index in [2.05, 4.69) is 9.61 Å². The topological polar surface area (TPSA) is 192 Å². The van der Waals surface area contributed by atoms with E-state index in [1.54, 1.807) is 35.8 Å². The molecule has 0 amide bonds. The van der Waals surface area contributed by atoms with Gasteiger partial charge < -0.3 is 5.11 Å². The lowest BCUT2D eigenvalue weighted by Crippen LogP contribution is -2.27. The molecule has 0 fully saturated rings. The number of aromatic hydroxyl groups is 1. The van der Waals surface area contributed by atoms with Gasteiger partial charge >= 0.3 is 5.97 Å². The summed E-state index contributed by atoms with van der Waals surface area (Å²) in [6.45, 7) is 0.959. The van der Waals surface area contributed by atoms with Gasteiger partial charge in [0.15, 0.2) is 15.6 Å². The van der Waals surface area contributed by atoms with Crippen LogP contribution in [0.15, 0.2) is 70.5 Å². The molecule has 3 aromatic carbocycles. The largest absolute Gasteiger partial charge is 0.507 e. The van der Waals surface area contributed by atoms with E-state index in [-0.39, 0.29) is 41.6 Å². The van der Waals surface area contributed by atoms with Crippen molar-refractivity contribution in [3.63, 3.8) is 0 Å². The molecule has 0 saturated carbocycles. The number of phenols is 1. The van der Waals surface area contributed by atoms with Gasteiger partial charge in [-0.2, -0.15) is 0 Å². The van der Waals surface area contributed by atoms with Crippen molar-refractivity contribution in [2.75, 3.05) is 12.8 Å². The van der Waals surface area contributed by atoms with Crippen molar-refractivity contribution in [2.24, 2.45) is 0 Å². The summed E-state index contributed by atoms with van der Waals surface area (Å²) in [5, 5.41) is 26.5. The van der Waals surface area contributed by atoms with Crippen molar-refractivity contribution in [2.45, 2.75) is 23.1 Å². The van der Waals surface area contributed by atoms with Crippen LogP contribution < -0.4 is 15.1 Å². The van der Waals surface area contributed by atoms with Crippen LogP contribution in [0.2, 0.25) is 0 Å². The summed E-state index contributed by atoms with van der Waals surface area (Å²) in [5.41, 5.74) is 2.91. The molecular weight excluding hydrogens is 574 g/mol. The van der Waals surface area contributed by atoms with Gasteiger partial charge in [0.25, 0.3) is 0 Å². The molecule has 0 heterocycles. The molecule has 0 radical (unpaired) electrons. The Bertz CT molecular complexity index is 1590. The van der Waals surface area contributed by atoms with Crippen LogP contribution in [-0.2, 0) is 36.0 Å². The Morgan fingerprint density at radius 2 is 1.69 bits per heavy atom. The quantitative estimate of drug-likeness (QED) is 0.100. The summed E-state index contributed by atoms with van der Waals surface area (Å²) in [4.78, 5) is 20.7. The summed E-state index contributed by atoms with van der Waals surface area (Å²) >= 11 is 0. The SMILES string of the molecule is CC(=O)OOc1cc(-c2ccccc2S(C)(=O)=O)ccc1CCNS(=O)(=O)c1cc(C(=N)NO)ccc1O.Cl. The van der Waals surface area contributed by atoms with Crippen molar-refractivity contribution in [1.82, 2.24) is 10.2 Å². The maximum atomic E-state index is 12.8. The van der Waals surface area contributed by atoms with Crippen LogP contribution in [-0.4, -0.2) is 51.8 Å². The normalized spacial score (nSPS) is 11.3. The zero-order valence-corrected chi connectivity index (χ0v) is 23.1. The van der Waals surface area contributed by atoms with Gasteiger partial charge in [-0.05, 0) is 42.3 Å². The third-order valence-corrected chi connectivity index (χ3v) is 7.89. The predicted molar refractivity (Wildman–Crippen MR) is 143 cm³/mol. The van der Waals surface area contributed by atoms with Crippen molar-refractivity contribution in [3.8, 4) is 22.6 Å². The van der Waals surface area contributed by atoms with Crippen molar-refractivity contribution in [1.29, 1.82) is 5.41 Å². The molecule has 0 spiro atoms. The highest BCUT2D eigenvalue weighted by molar-refractivity contribution is 7.91. The van der Waals surface area contributed by atoms with Gasteiger partial charge in [0.05, 0.1) is 4.90 Å². The maximum absolute atomic E-state index is 12.8. The molecule has 39 heavy (non-hydrogen) atoms. The molecule has 0 atom stereocenters. The van der Waals surface area contributed by atoms with Crippen LogP contribution in [0, 0.1) is 5.41 Å². The standard InChI is InChI=1S/C24H25N3O9S2.ClH/c1-15(28)35-36-21-13-17(19-5-3-4-6-22(19)37(2,31)32)8-7-16(21)11-12-26-38(33,34)23-14-18(24(25)27-30)9-10-20(23)29;/h3-10,13-14,26,29-30H,11-12H2,1-2H3,(H2,25,27);1H. The van der Waals surface area contributed by atoms with Crippen LogP contribution in [0.1, 0.15) is 18.1 Å². The number of phenolic OH excluding ortho intramolecular Hbond substituents is 1. The molecule has 0 unspecified atom stereocenters. The van der Waals surface area contributed by atoms with E-state index in [4.69, 9.17) is 15.5 Å². The number of carbonyl (C=O) groups excluding carboxylic acids is 1. The van der Waals surface area contributed by atoms with Crippen LogP contribution in [0.25, 0.3) is 11.1 Å². The number of amidine groups is 1. The first-order valence-electron chi connectivity index (χ1n) is 10.9. The highest BCUT2D eigenvalue weighted by Crippen LogP contribution is 2.32. The van der Waals surface area contributed by atoms with E-state index in [0.29, 0.717) is 16.7 Å². The first-order chi connectivity index (χ1) is 17.8. The zero-order chi connectivity index (χ0) is 28.1. The number of sulfonamides is 1. The molecule has 15 heteroatoms. The second-order valence-electron chi connectivity index (χ2n) is 8.07. The van der Waals surface area contributed by atoms with E-state index < -0.39 is 42.3 Å². The molecular formula is C24H26ClN3O9S2. The summed E-state index contributed by atoms with van der Waals surface area (Å²) in [6.07, 6.45) is 1.14. The second kappa shape index (κ2) is 12.9.